The molecule has 0 saturated carbocycles. The summed E-state index contributed by atoms with van der Waals surface area (Å²) in [5.74, 6) is -2.38. The molecule has 2 atom stereocenters. The Kier molecular flexibility index (Phi) is 7.55. The minimum atomic E-state index is -1.15. The van der Waals surface area contributed by atoms with Crippen molar-refractivity contribution in [1.82, 2.24) is 10.3 Å². The number of pyridine rings is 1. The molecular weight excluding hydrogens is 430 g/mol. The third-order valence-corrected chi connectivity index (χ3v) is 5.97. The van der Waals surface area contributed by atoms with Crippen molar-refractivity contribution in [3.8, 4) is 0 Å². The Labute approximate surface area is 189 Å². The summed E-state index contributed by atoms with van der Waals surface area (Å²) in [5, 5.41) is 25.4. The van der Waals surface area contributed by atoms with Gasteiger partial charge < -0.3 is 15.5 Å². The van der Waals surface area contributed by atoms with Gasteiger partial charge in [-0.05, 0) is 42.0 Å². The number of hydrogen-bond donors (Lipinski definition) is 4. The second-order valence-electron chi connectivity index (χ2n) is 7.92. The molecule has 0 radical (unpaired) electrons. The summed E-state index contributed by atoms with van der Waals surface area (Å²) in [7, 11) is 0. The van der Waals surface area contributed by atoms with Crippen LogP contribution in [0, 0.1) is 5.92 Å². The number of nitrogens with one attached hydrogen (secondary N) is 2. The van der Waals surface area contributed by atoms with Crippen LogP contribution in [0.1, 0.15) is 35.6 Å². The average Bonchev–Trinajstić information content (AvgIpc) is 3.18. The highest BCUT2D eigenvalue weighted by Gasteiger charge is 2.27. The van der Waals surface area contributed by atoms with Crippen molar-refractivity contribution in [1.29, 1.82) is 0 Å². The molecule has 0 aliphatic heterocycles. The van der Waals surface area contributed by atoms with E-state index in [0.717, 1.165) is 10.1 Å². The van der Waals surface area contributed by atoms with Crippen molar-refractivity contribution in [3.63, 3.8) is 0 Å². The minimum absolute atomic E-state index is 0.0156. The third-order valence-electron chi connectivity index (χ3n) is 4.85. The molecule has 9 heteroatoms. The fourth-order valence-electron chi connectivity index (χ4n) is 3.29. The van der Waals surface area contributed by atoms with Gasteiger partial charge in [0.1, 0.15) is 12.1 Å². The summed E-state index contributed by atoms with van der Waals surface area (Å²) >= 11 is 1.40. The number of nitrogens with zero attached hydrogens (tertiary/aromatic N) is 1. The van der Waals surface area contributed by atoms with Gasteiger partial charge in [-0.25, -0.2) is 0 Å². The molecule has 2 heterocycles. The van der Waals surface area contributed by atoms with Gasteiger partial charge in [-0.2, -0.15) is 0 Å². The number of amides is 1. The number of rotatable bonds is 10. The third kappa shape index (κ3) is 6.12. The van der Waals surface area contributed by atoms with E-state index in [1.165, 1.54) is 17.5 Å². The molecule has 168 valence electrons. The number of carboxylic acid groups (broad SMARTS) is 2. The average molecular weight is 456 g/mol. The van der Waals surface area contributed by atoms with Gasteiger partial charge in [0.25, 0.3) is 5.91 Å². The van der Waals surface area contributed by atoms with Gasteiger partial charge in [-0.1, -0.05) is 32.0 Å². The molecule has 4 N–H and O–H groups in total. The number of fused-ring (bicyclic) bond motifs is 1. The van der Waals surface area contributed by atoms with E-state index >= 15 is 0 Å². The van der Waals surface area contributed by atoms with E-state index in [9.17, 15) is 24.6 Å². The Hall–Kier alpha value is -3.30. The summed E-state index contributed by atoms with van der Waals surface area (Å²) < 4.78 is 1.02. The van der Waals surface area contributed by atoms with Gasteiger partial charge >= 0.3 is 11.9 Å². The molecular formula is C23H25N3O5S. The van der Waals surface area contributed by atoms with Crippen LogP contribution < -0.4 is 10.6 Å². The highest BCUT2D eigenvalue weighted by molar-refractivity contribution is 7.20. The quantitative estimate of drug-likeness (QED) is 0.367. The number of aliphatic carboxylic acids is 2. The molecule has 2 aromatic heterocycles. The van der Waals surface area contributed by atoms with Gasteiger partial charge in [-0.3, -0.25) is 24.7 Å². The Morgan fingerprint density at radius 3 is 2.34 bits per heavy atom. The normalized spacial score (nSPS) is 13.1. The van der Waals surface area contributed by atoms with Crippen LogP contribution in [0.4, 0.5) is 5.69 Å². The predicted molar refractivity (Wildman–Crippen MR) is 123 cm³/mol. The molecule has 0 spiro atoms. The van der Waals surface area contributed by atoms with Gasteiger partial charge in [0.05, 0.1) is 16.8 Å². The SMILES string of the molecule is CC(C)CC(NC(Cc1ccc(NC(=O)c2cc3ccccc3s2)cn1)C(=O)O)C(=O)O. The van der Waals surface area contributed by atoms with Crippen molar-refractivity contribution in [2.45, 2.75) is 38.8 Å². The Morgan fingerprint density at radius 2 is 1.75 bits per heavy atom. The lowest BCUT2D eigenvalue weighted by Crippen LogP contribution is -2.48. The second kappa shape index (κ2) is 10.3. The molecule has 0 saturated heterocycles. The summed E-state index contributed by atoms with van der Waals surface area (Å²) in [6, 6.07) is 10.8. The Morgan fingerprint density at radius 1 is 1.03 bits per heavy atom. The first-order valence-corrected chi connectivity index (χ1v) is 11.0. The van der Waals surface area contributed by atoms with E-state index in [1.54, 1.807) is 12.1 Å². The summed E-state index contributed by atoms with van der Waals surface area (Å²) in [5.41, 5.74) is 0.956. The molecule has 1 aromatic carbocycles. The van der Waals surface area contributed by atoms with Crippen LogP contribution in [-0.4, -0.2) is 45.1 Å². The molecule has 0 aliphatic rings. The number of hydrogen-bond acceptors (Lipinski definition) is 6. The van der Waals surface area contributed by atoms with E-state index in [-0.39, 0.29) is 18.2 Å². The molecule has 3 rings (SSSR count). The zero-order chi connectivity index (χ0) is 23.3. The fourth-order valence-corrected chi connectivity index (χ4v) is 4.24. The second-order valence-corrected chi connectivity index (χ2v) is 9.01. The van der Waals surface area contributed by atoms with Crippen LogP contribution in [0.15, 0.2) is 48.7 Å². The number of carbonyl (C=O) groups excluding carboxylic acids is 1. The smallest absolute Gasteiger partial charge is 0.321 e. The number of anilines is 1. The van der Waals surface area contributed by atoms with E-state index in [4.69, 9.17) is 0 Å². The number of carboxylic acids is 2. The van der Waals surface area contributed by atoms with Crippen molar-refractivity contribution >= 4 is 45.0 Å². The fraction of sp³-hybridized carbons (Fsp3) is 0.304. The largest absolute Gasteiger partial charge is 0.480 e. The maximum atomic E-state index is 12.5. The molecule has 32 heavy (non-hydrogen) atoms. The van der Waals surface area contributed by atoms with Crippen LogP contribution in [0.5, 0.6) is 0 Å². The Bertz CT molecular complexity index is 1080. The highest BCUT2D eigenvalue weighted by Crippen LogP contribution is 2.26. The molecule has 0 bridgehead atoms. The summed E-state index contributed by atoms with van der Waals surface area (Å²) in [6.45, 7) is 3.75. The first-order chi connectivity index (χ1) is 15.2. The van der Waals surface area contributed by atoms with Crippen molar-refractivity contribution in [3.05, 3.63) is 59.2 Å². The van der Waals surface area contributed by atoms with Crippen LogP contribution in [0.25, 0.3) is 10.1 Å². The minimum Gasteiger partial charge on any atom is -0.480 e. The molecule has 0 fully saturated rings. The van der Waals surface area contributed by atoms with Gasteiger partial charge in [0.15, 0.2) is 0 Å². The van der Waals surface area contributed by atoms with Crippen LogP contribution >= 0.6 is 11.3 Å². The topological polar surface area (TPSA) is 129 Å². The monoisotopic (exact) mass is 455 g/mol. The zero-order valence-corrected chi connectivity index (χ0v) is 18.6. The predicted octanol–water partition coefficient (Wildman–Crippen LogP) is 3.63. The summed E-state index contributed by atoms with van der Waals surface area (Å²) in [6.07, 6.45) is 1.79. The number of thiophene rings is 1. The standard InChI is InChI=1S/C23H25N3O5S/c1-13(2)9-17(22(28)29)26-18(23(30)31)11-15-7-8-16(12-24-15)25-21(27)20-10-14-5-3-4-6-19(14)32-20/h3-8,10,12-13,17-18,26H,9,11H2,1-2H3,(H,25,27)(H,28,29)(H,30,31). The lowest BCUT2D eigenvalue weighted by molar-refractivity contribution is -0.142. The Balaban J connectivity index is 1.64. The molecule has 0 aliphatic carbocycles. The molecule has 1 amide bonds. The highest BCUT2D eigenvalue weighted by atomic mass is 32.1. The summed E-state index contributed by atoms with van der Waals surface area (Å²) in [4.78, 5) is 40.5. The number of aromatic nitrogens is 1. The van der Waals surface area contributed by atoms with Crippen molar-refractivity contribution in [2.75, 3.05) is 5.32 Å². The number of carbonyl (C=O) groups is 3. The first-order valence-electron chi connectivity index (χ1n) is 10.2. The first kappa shape index (κ1) is 23.4. The van der Waals surface area contributed by atoms with Crippen LogP contribution in [0.3, 0.4) is 0 Å². The van der Waals surface area contributed by atoms with Crippen molar-refractivity contribution in [2.24, 2.45) is 5.92 Å². The van der Waals surface area contributed by atoms with Crippen LogP contribution in [-0.2, 0) is 16.0 Å². The van der Waals surface area contributed by atoms with E-state index < -0.39 is 24.0 Å². The van der Waals surface area contributed by atoms with Gasteiger partial charge in [0.2, 0.25) is 0 Å². The lowest BCUT2D eigenvalue weighted by Gasteiger charge is -2.21. The van der Waals surface area contributed by atoms with Crippen molar-refractivity contribution < 1.29 is 24.6 Å². The van der Waals surface area contributed by atoms with E-state index in [2.05, 4.69) is 15.6 Å². The van der Waals surface area contributed by atoms with E-state index in [0.29, 0.717) is 22.7 Å². The number of benzene rings is 1. The zero-order valence-electron chi connectivity index (χ0n) is 17.7. The molecule has 8 nitrogen and oxygen atoms in total. The van der Waals surface area contributed by atoms with Gasteiger partial charge in [-0.15, -0.1) is 11.3 Å². The van der Waals surface area contributed by atoms with E-state index in [1.807, 2.05) is 44.2 Å². The lowest BCUT2D eigenvalue weighted by atomic mass is 10.0. The van der Waals surface area contributed by atoms with Crippen LogP contribution in [0.2, 0.25) is 0 Å². The van der Waals surface area contributed by atoms with Gasteiger partial charge in [0, 0.05) is 16.8 Å². The molecule has 3 aromatic rings. The maximum absolute atomic E-state index is 12.5. The molecule has 2 unspecified atom stereocenters. The maximum Gasteiger partial charge on any atom is 0.321 e.